The number of halogens is 2. The van der Waals surface area contributed by atoms with Gasteiger partial charge in [0, 0.05) is 18.2 Å². The highest BCUT2D eigenvalue weighted by Gasteiger charge is 2.39. The average Bonchev–Trinajstić information content (AvgIpc) is 2.97. The molecular formula is C19H20F2N2O4S. The smallest absolute Gasteiger partial charge is 0.407 e. The lowest BCUT2D eigenvalue weighted by atomic mass is 9.96. The summed E-state index contributed by atoms with van der Waals surface area (Å²) in [5.41, 5.74) is 0.802. The van der Waals surface area contributed by atoms with Crippen LogP contribution in [-0.2, 0) is 16.4 Å². The van der Waals surface area contributed by atoms with Gasteiger partial charge in [-0.3, -0.25) is 0 Å². The first-order chi connectivity index (χ1) is 13.2. The van der Waals surface area contributed by atoms with E-state index in [0.29, 0.717) is 12.0 Å². The number of amides is 1. The van der Waals surface area contributed by atoms with Gasteiger partial charge in [-0.2, -0.15) is 0 Å². The molecule has 0 saturated carbocycles. The van der Waals surface area contributed by atoms with Crippen LogP contribution in [0.5, 0.6) is 0 Å². The molecule has 2 aromatic carbocycles. The highest BCUT2D eigenvalue weighted by Crippen LogP contribution is 2.29. The van der Waals surface area contributed by atoms with E-state index in [2.05, 4.69) is 4.72 Å². The molecule has 1 heterocycles. The van der Waals surface area contributed by atoms with Gasteiger partial charge in [0.25, 0.3) is 0 Å². The molecule has 0 bridgehead atoms. The van der Waals surface area contributed by atoms with Crippen LogP contribution in [0.2, 0.25) is 0 Å². The van der Waals surface area contributed by atoms with E-state index >= 15 is 4.39 Å². The number of sulfonamides is 1. The molecule has 6 nitrogen and oxygen atoms in total. The summed E-state index contributed by atoms with van der Waals surface area (Å²) in [6, 6.07) is 8.79. The molecule has 28 heavy (non-hydrogen) atoms. The van der Waals surface area contributed by atoms with E-state index in [1.54, 1.807) is 12.1 Å². The Morgan fingerprint density at radius 2 is 1.96 bits per heavy atom. The van der Waals surface area contributed by atoms with Crippen LogP contribution < -0.4 is 4.72 Å². The zero-order chi connectivity index (χ0) is 20.5. The van der Waals surface area contributed by atoms with Crippen molar-refractivity contribution in [3.05, 3.63) is 59.7 Å². The number of carbonyl (C=O) groups is 1. The van der Waals surface area contributed by atoms with Gasteiger partial charge in [-0.05, 0) is 36.1 Å². The van der Waals surface area contributed by atoms with Crippen LogP contribution >= 0.6 is 0 Å². The van der Waals surface area contributed by atoms with Gasteiger partial charge >= 0.3 is 6.09 Å². The van der Waals surface area contributed by atoms with E-state index in [4.69, 9.17) is 0 Å². The Morgan fingerprint density at radius 3 is 2.61 bits per heavy atom. The number of carboxylic acid groups (broad SMARTS) is 1. The van der Waals surface area contributed by atoms with Crippen molar-refractivity contribution in [3.63, 3.8) is 0 Å². The number of nitrogens with one attached hydrogen (secondary N) is 1. The van der Waals surface area contributed by atoms with E-state index < -0.39 is 39.8 Å². The molecule has 1 amide bonds. The number of rotatable bonds is 5. The molecule has 1 fully saturated rings. The van der Waals surface area contributed by atoms with Crippen molar-refractivity contribution in [2.75, 3.05) is 12.8 Å². The Bertz CT molecular complexity index is 997. The van der Waals surface area contributed by atoms with Gasteiger partial charge < -0.3 is 10.0 Å². The van der Waals surface area contributed by atoms with Crippen LogP contribution in [0, 0.1) is 11.6 Å². The minimum absolute atomic E-state index is 0.00548. The van der Waals surface area contributed by atoms with E-state index in [9.17, 15) is 22.7 Å². The van der Waals surface area contributed by atoms with Gasteiger partial charge in [-0.15, -0.1) is 0 Å². The lowest BCUT2D eigenvalue weighted by molar-refractivity contribution is 0.137. The van der Waals surface area contributed by atoms with Gasteiger partial charge in [0.1, 0.15) is 11.6 Å². The molecule has 1 aliphatic rings. The maximum Gasteiger partial charge on any atom is 0.407 e. The third kappa shape index (κ3) is 4.48. The highest BCUT2D eigenvalue weighted by atomic mass is 32.2. The topological polar surface area (TPSA) is 86.7 Å². The largest absolute Gasteiger partial charge is 0.465 e. The van der Waals surface area contributed by atoms with E-state index in [1.165, 1.54) is 30.3 Å². The summed E-state index contributed by atoms with van der Waals surface area (Å²) in [5, 5.41) is 9.42. The Kier molecular flexibility index (Phi) is 5.66. The summed E-state index contributed by atoms with van der Waals surface area (Å²) in [5.74, 6) is -1.07. The Labute approximate surface area is 161 Å². The third-order valence-corrected chi connectivity index (χ3v) is 5.53. The summed E-state index contributed by atoms with van der Waals surface area (Å²) in [6.07, 6.45) is 0.104. The number of benzene rings is 2. The second kappa shape index (κ2) is 7.84. The fourth-order valence-electron chi connectivity index (χ4n) is 3.60. The molecule has 1 saturated heterocycles. The highest BCUT2D eigenvalue weighted by molar-refractivity contribution is 7.88. The zero-order valence-electron chi connectivity index (χ0n) is 15.1. The van der Waals surface area contributed by atoms with Crippen LogP contribution in [0.15, 0.2) is 42.5 Å². The number of hydrogen-bond donors (Lipinski definition) is 2. The second-order valence-corrected chi connectivity index (χ2v) is 8.60. The van der Waals surface area contributed by atoms with Crippen molar-refractivity contribution in [2.45, 2.75) is 24.9 Å². The predicted octanol–water partition coefficient (Wildman–Crippen LogP) is 2.84. The van der Waals surface area contributed by atoms with Gasteiger partial charge in [0.2, 0.25) is 10.0 Å². The molecule has 2 aromatic rings. The fraction of sp³-hybridized carbons (Fsp3) is 0.316. The lowest BCUT2D eigenvalue weighted by Crippen LogP contribution is -2.47. The molecule has 0 radical (unpaired) electrons. The summed E-state index contributed by atoms with van der Waals surface area (Å²) in [6.45, 7) is 0.151. The molecule has 9 heteroatoms. The van der Waals surface area contributed by atoms with E-state index in [0.717, 1.165) is 11.2 Å². The van der Waals surface area contributed by atoms with Crippen LogP contribution in [0.25, 0.3) is 11.1 Å². The first-order valence-electron chi connectivity index (χ1n) is 8.66. The molecule has 0 spiro atoms. The van der Waals surface area contributed by atoms with E-state index in [-0.39, 0.29) is 24.1 Å². The maximum atomic E-state index is 15.1. The molecule has 1 aliphatic heterocycles. The Balaban J connectivity index is 1.94. The summed E-state index contributed by atoms with van der Waals surface area (Å²) in [4.78, 5) is 12.7. The molecule has 0 aliphatic carbocycles. The van der Waals surface area contributed by atoms with Gasteiger partial charge in [0.05, 0.1) is 12.3 Å². The molecule has 3 rings (SSSR count). The summed E-state index contributed by atoms with van der Waals surface area (Å²) < 4.78 is 54.3. The zero-order valence-corrected chi connectivity index (χ0v) is 15.9. The third-order valence-electron chi connectivity index (χ3n) is 4.80. The molecule has 2 unspecified atom stereocenters. The SMILES string of the molecule is CS(=O)(=O)NC1CCN(C(=O)O)C1Cc1cccc(-c2cccc(F)c2)c1F. The predicted molar refractivity (Wildman–Crippen MR) is 100 cm³/mol. The van der Waals surface area contributed by atoms with Crippen molar-refractivity contribution in [2.24, 2.45) is 0 Å². The average molecular weight is 410 g/mol. The van der Waals surface area contributed by atoms with Crippen LogP contribution in [0.3, 0.4) is 0 Å². The molecule has 2 atom stereocenters. The van der Waals surface area contributed by atoms with Crippen molar-refractivity contribution in [3.8, 4) is 11.1 Å². The van der Waals surface area contributed by atoms with Gasteiger partial charge in [0.15, 0.2) is 0 Å². The van der Waals surface area contributed by atoms with Crippen molar-refractivity contribution in [1.29, 1.82) is 0 Å². The molecule has 0 aromatic heterocycles. The van der Waals surface area contributed by atoms with E-state index in [1.807, 2.05) is 0 Å². The van der Waals surface area contributed by atoms with Crippen LogP contribution in [0.1, 0.15) is 12.0 Å². The number of likely N-dealkylation sites (tertiary alicyclic amines) is 1. The maximum absolute atomic E-state index is 15.1. The quantitative estimate of drug-likeness (QED) is 0.794. The normalized spacial score (nSPS) is 19.8. The standard InChI is InChI=1S/C19H20F2N2O4S/c1-28(26,27)22-16-8-9-23(19(24)25)17(16)11-13-5-3-7-15(18(13)21)12-4-2-6-14(20)10-12/h2-7,10,16-17,22H,8-9,11H2,1H3,(H,24,25). The Hall–Kier alpha value is -2.52. The first kappa shape index (κ1) is 20.2. The van der Waals surface area contributed by atoms with Crippen LogP contribution in [0.4, 0.5) is 13.6 Å². The minimum atomic E-state index is -3.55. The first-order valence-corrected chi connectivity index (χ1v) is 10.5. The fourth-order valence-corrected chi connectivity index (χ4v) is 4.42. The van der Waals surface area contributed by atoms with Crippen molar-refractivity contribution < 1.29 is 27.1 Å². The summed E-state index contributed by atoms with van der Waals surface area (Å²) in [7, 11) is -3.55. The monoisotopic (exact) mass is 410 g/mol. The minimum Gasteiger partial charge on any atom is -0.465 e. The van der Waals surface area contributed by atoms with Gasteiger partial charge in [-0.1, -0.05) is 30.3 Å². The Morgan fingerprint density at radius 1 is 1.25 bits per heavy atom. The van der Waals surface area contributed by atoms with Crippen LogP contribution in [-0.4, -0.2) is 49.4 Å². The van der Waals surface area contributed by atoms with Crippen molar-refractivity contribution >= 4 is 16.1 Å². The molecular weight excluding hydrogens is 390 g/mol. The van der Waals surface area contributed by atoms with Gasteiger partial charge in [-0.25, -0.2) is 26.7 Å². The second-order valence-electron chi connectivity index (χ2n) is 6.82. The molecule has 2 N–H and O–H groups in total. The molecule has 150 valence electrons. The summed E-state index contributed by atoms with van der Waals surface area (Å²) >= 11 is 0. The number of hydrogen-bond acceptors (Lipinski definition) is 3. The lowest BCUT2D eigenvalue weighted by Gasteiger charge is -2.26. The van der Waals surface area contributed by atoms with Crippen molar-refractivity contribution in [1.82, 2.24) is 9.62 Å². The number of nitrogens with zero attached hydrogens (tertiary/aromatic N) is 1.